The number of ether oxygens (including phenoxy) is 1. The van der Waals surface area contributed by atoms with Gasteiger partial charge in [-0.1, -0.05) is 26.0 Å². The minimum Gasteiger partial charge on any atom is -0.444 e. The lowest BCUT2D eigenvalue weighted by Gasteiger charge is -2.33. The number of H-pyrrole nitrogens is 1. The van der Waals surface area contributed by atoms with Crippen LogP contribution in [-0.4, -0.2) is 61.8 Å². The normalized spacial score (nSPS) is 17.0. The quantitative estimate of drug-likeness (QED) is 0.375. The average molecular weight is 547 g/mol. The van der Waals surface area contributed by atoms with Crippen LogP contribution in [0.2, 0.25) is 0 Å². The topological polar surface area (TPSA) is 151 Å². The molecule has 0 atom stereocenters. The van der Waals surface area contributed by atoms with E-state index in [1.807, 2.05) is 39.0 Å². The number of likely N-dealkylation sites (tertiary alicyclic amines) is 1. The van der Waals surface area contributed by atoms with Crippen LogP contribution in [0.15, 0.2) is 30.5 Å². The molecule has 1 aliphatic heterocycles. The van der Waals surface area contributed by atoms with Crippen LogP contribution < -0.4 is 16.4 Å². The largest absolute Gasteiger partial charge is 0.444 e. The summed E-state index contributed by atoms with van der Waals surface area (Å²) < 4.78 is 5.38. The summed E-state index contributed by atoms with van der Waals surface area (Å²) in [6, 6.07) is 8.00. The predicted octanol–water partition coefficient (Wildman–Crippen LogP) is 4.02. The summed E-state index contributed by atoms with van der Waals surface area (Å²) in [7, 11) is 0. The highest BCUT2D eigenvalue weighted by Crippen LogP contribution is 2.42. The van der Waals surface area contributed by atoms with Crippen molar-refractivity contribution < 1.29 is 14.3 Å². The van der Waals surface area contributed by atoms with Crippen molar-refractivity contribution in [1.82, 2.24) is 30.4 Å². The minimum absolute atomic E-state index is 0.108. The first-order valence-electron chi connectivity index (χ1n) is 13.7. The first-order valence-corrected chi connectivity index (χ1v) is 13.7. The van der Waals surface area contributed by atoms with Gasteiger partial charge in [-0.25, -0.2) is 14.8 Å². The lowest BCUT2D eigenvalue weighted by atomic mass is 9.73. The van der Waals surface area contributed by atoms with Gasteiger partial charge in [0.15, 0.2) is 0 Å². The molecule has 5 rings (SSSR count). The van der Waals surface area contributed by atoms with E-state index >= 15 is 0 Å². The average Bonchev–Trinajstić information content (AvgIpc) is 3.32. The third-order valence-corrected chi connectivity index (χ3v) is 7.31. The van der Waals surface area contributed by atoms with E-state index in [0.717, 1.165) is 49.2 Å². The zero-order chi connectivity index (χ0) is 28.7. The molecule has 11 heteroatoms. The van der Waals surface area contributed by atoms with Crippen molar-refractivity contribution >= 4 is 23.6 Å². The molecule has 5 N–H and O–H groups in total. The van der Waals surface area contributed by atoms with Gasteiger partial charge in [0, 0.05) is 43.1 Å². The standard InChI is InChI=1S/C29H38N8O3/c1-28(2,3)40-27(39)33-19-9-11-37(12-10-19)16-17-7-6-8-20(13-17)32-25(38)24-21-23(35-36-24)22-18(14-29(21,4)5)15-31-26(30)34-22/h6-8,13,15,19H,9-12,14,16H2,1-5H3,(H,32,38)(H,33,39)(H,35,36)(H2,30,31,34). The zero-order valence-corrected chi connectivity index (χ0v) is 23.8. The Morgan fingerprint density at radius 3 is 2.67 bits per heavy atom. The molecule has 0 saturated carbocycles. The molecule has 3 aromatic rings. The molecule has 40 heavy (non-hydrogen) atoms. The van der Waals surface area contributed by atoms with Crippen molar-refractivity contribution in [2.75, 3.05) is 24.1 Å². The Morgan fingerprint density at radius 1 is 1.20 bits per heavy atom. The maximum atomic E-state index is 13.4. The first kappa shape index (κ1) is 27.6. The molecule has 0 spiro atoms. The van der Waals surface area contributed by atoms with Gasteiger partial charge in [-0.05, 0) is 68.7 Å². The summed E-state index contributed by atoms with van der Waals surface area (Å²) >= 11 is 0. The second-order valence-electron chi connectivity index (χ2n) is 12.3. The van der Waals surface area contributed by atoms with Gasteiger partial charge in [0.05, 0.1) is 5.69 Å². The van der Waals surface area contributed by atoms with Gasteiger partial charge < -0.3 is 21.1 Å². The van der Waals surface area contributed by atoms with Crippen LogP contribution >= 0.6 is 0 Å². The molecule has 2 amide bonds. The van der Waals surface area contributed by atoms with Gasteiger partial charge in [0.1, 0.15) is 17.0 Å². The maximum absolute atomic E-state index is 13.4. The Labute approximate surface area is 234 Å². The van der Waals surface area contributed by atoms with E-state index in [0.29, 0.717) is 29.2 Å². The van der Waals surface area contributed by atoms with Gasteiger partial charge in [0.2, 0.25) is 5.95 Å². The van der Waals surface area contributed by atoms with E-state index in [2.05, 4.69) is 55.6 Å². The minimum atomic E-state index is -0.507. The molecule has 3 heterocycles. The molecule has 2 aromatic heterocycles. The Bertz CT molecular complexity index is 1420. The van der Waals surface area contributed by atoms with E-state index in [4.69, 9.17) is 10.5 Å². The first-order chi connectivity index (χ1) is 18.9. The molecular weight excluding hydrogens is 508 g/mol. The van der Waals surface area contributed by atoms with Crippen LogP contribution in [0, 0.1) is 0 Å². The van der Waals surface area contributed by atoms with E-state index in [-0.39, 0.29) is 29.4 Å². The van der Waals surface area contributed by atoms with Crippen LogP contribution in [0.1, 0.15) is 74.6 Å². The number of hydrogen-bond donors (Lipinski definition) is 4. The van der Waals surface area contributed by atoms with Gasteiger partial charge >= 0.3 is 6.09 Å². The summed E-state index contributed by atoms with van der Waals surface area (Å²) in [6.07, 6.45) is 3.77. The van der Waals surface area contributed by atoms with Crippen molar-refractivity contribution in [2.24, 2.45) is 0 Å². The molecule has 2 aliphatic rings. The van der Waals surface area contributed by atoms with E-state index in [9.17, 15) is 9.59 Å². The van der Waals surface area contributed by atoms with Crippen LogP contribution in [0.25, 0.3) is 11.4 Å². The summed E-state index contributed by atoms with van der Waals surface area (Å²) in [4.78, 5) is 36.4. The van der Waals surface area contributed by atoms with Crippen molar-refractivity contribution in [3.05, 3.63) is 52.8 Å². The monoisotopic (exact) mass is 546 g/mol. The summed E-state index contributed by atoms with van der Waals surface area (Å²) in [6.45, 7) is 12.2. The van der Waals surface area contributed by atoms with Crippen LogP contribution in [-0.2, 0) is 23.1 Å². The number of aromatic amines is 1. The van der Waals surface area contributed by atoms with Crippen molar-refractivity contribution in [3.63, 3.8) is 0 Å². The van der Waals surface area contributed by atoms with Gasteiger partial charge in [-0.3, -0.25) is 14.8 Å². The lowest BCUT2D eigenvalue weighted by molar-refractivity contribution is 0.0477. The maximum Gasteiger partial charge on any atom is 0.407 e. The molecule has 0 radical (unpaired) electrons. The molecule has 0 bridgehead atoms. The number of nitrogens with one attached hydrogen (secondary N) is 3. The van der Waals surface area contributed by atoms with Gasteiger partial charge in [0.25, 0.3) is 5.91 Å². The number of alkyl carbamates (subject to hydrolysis) is 1. The number of fused-ring (bicyclic) bond motifs is 3. The van der Waals surface area contributed by atoms with Gasteiger partial charge in [-0.15, -0.1) is 0 Å². The number of benzene rings is 1. The second kappa shape index (κ2) is 10.5. The number of amides is 2. The Kier molecular flexibility index (Phi) is 7.26. The smallest absolute Gasteiger partial charge is 0.407 e. The number of nitrogens with zero attached hydrogens (tertiary/aromatic N) is 4. The molecule has 212 valence electrons. The SMILES string of the molecule is CC(C)(C)OC(=O)NC1CCN(Cc2cccc(NC(=O)c3[nH]nc4c3C(C)(C)Cc3cnc(N)nc3-4)c2)CC1. The number of nitrogens with two attached hydrogens (primary N) is 1. The summed E-state index contributed by atoms with van der Waals surface area (Å²) in [5, 5.41) is 13.4. The molecular formula is C29H38N8O3. The Balaban J connectivity index is 1.22. The summed E-state index contributed by atoms with van der Waals surface area (Å²) in [5.41, 5.74) is 10.3. The highest BCUT2D eigenvalue weighted by Gasteiger charge is 2.38. The fraction of sp³-hybridized carbons (Fsp3) is 0.483. The number of anilines is 2. The number of rotatable bonds is 5. The third kappa shape index (κ3) is 6.09. The van der Waals surface area contributed by atoms with Crippen molar-refractivity contribution in [1.29, 1.82) is 0 Å². The molecule has 0 unspecified atom stereocenters. The number of carbonyl (C=O) groups excluding carboxylic acids is 2. The van der Waals surface area contributed by atoms with E-state index in [1.54, 1.807) is 6.20 Å². The predicted molar refractivity (Wildman–Crippen MR) is 153 cm³/mol. The summed E-state index contributed by atoms with van der Waals surface area (Å²) in [5.74, 6) is -0.0720. The van der Waals surface area contributed by atoms with Gasteiger partial charge in [-0.2, -0.15) is 5.10 Å². The van der Waals surface area contributed by atoms with Crippen LogP contribution in [0.3, 0.4) is 0 Å². The van der Waals surface area contributed by atoms with Crippen molar-refractivity contribution in [2.45, 2.75) is 77.5 Å². The Hall–Kier alpha value is -3.99. The van der Waals surface area contributed by atoms with Crippen LogP contribution in [0.5, 0.6) is 0 Å². The number of carbonyl (C=O) groups is 2. The highest BCUT2D eigenvalue weighted by molar-refractivity contribution is 6.05. The third-order valence-electron chi connectivity index (χ3n) is 7.31. The fourth-order valence-corrected chi connectivity index (χ4v) is 5.56. The van der Waals surface area contributed by atoms with E-state index in [1.165, 1.54) is 0 Å². The number of aromatic nitrogens is 4. The zero-order valence-electron chi connectivity index (χ0n) is 23.8. The Morgan fingerprint density at radius 2 is 1.95 bits per heavy atom. The number of piperidine rings is 1. The number of hydrogen-bond acceptors (Lipinski definition) is 8. The molecule has 1 saturated heterocycles. The number of nitrogen functional groups attached to an aromatic ring is 1. The molecule has 1 aliphatic carbocycles. The van der Waals surface area contributed by atoms with Crippen LogP contribution in [0.4, 0.5) is 16.4 Å². The molecule has 1 fully saturated rings. The highest BCUT2D eigenvalue weighted by atomic mass is 16.6. The molecule has 11 nitrogen and oxygen atoms in total. The lowest BCUT2D eigenvalue weighted by Crippen LogP contribution is -2.45. The van der Waals surface area contributed by atoms with Crippen molar-refractivity contribution in [3.8, 4) is 11.4 Å². The second-order valence-corrected chi connectivity index (χ2v) is 12.3. The molecule has 1 aromatic carbocycles. The fourth-order valence-electron chi connectivity index (χ4n) is 5.56. The van der Waals surface area contributed by atoms with E-state index < -0.39 is 5.60 Å².